The third-order valence-corrected chi connectivity index (χ3v) is 11.9. The molecule has 1 aliphatic carbocycles. The van der Waals surface area contributed by atoms with Gasteiger partial charge in [0, 0.05) is 57.4 Å². The Balaban J connectivity index is 0.945. The predicted octanol–water partition coefficient (Wildman–Crippen LogP) is 5.90. The average Bonchev–Trinajstić information content (AvgIpc) is 3.71. The van der Waals surface area contributed by atoms with Gasteiger partial charge in [0.2, 0.25) is 11.9 Å². The van der Waals surface area contributed by atoms with E-state index in [1.54, 1.807) is 37.4 Å². The SMILES string of the molecule is CCC1C(=O)N(C)c2cnc(Nc3ccc(C(=O)NC4CCN(CCCN(C)CC5CCN(C(=O)OC(C)(C)C)CC5)CC4)cc3OC)nc2N1C1CCCC1. The molecule has 0 radical (unpaired) electrons. The first-order valence-electron chi connectivity index (χ1n) is 20.9. The van der Waals surface area contributed by atoms with E-state index in [2.05, 4.69) is 44.3 Å². The van der Waals surface area contributed by atoms with Crippen molar-refractivity contribution in [3.8, 4) is 5.75 Å². The molecule has 1 aromatic heterocycles. The van der Waals surface area contributed by atoms with Crippen LogP contribution in [-0.4, -0.2) is 133 Å². The number of ether oxygens (including phenoxy) is 2. The Bertz CT molecular complexity index is 1660. The third-order valence-electron chi connectivity index (χ3n) is 11.9. The highest BCUT2D eigenvalue weighted by atomic mass is 16.6. The van der Waals surface area contributed by atoms with Crippen LogP contribution in [0.15, 0.2) is 24.4 Å². The Morgan fingerprint density at radius 2 is 1.73 bits per heavy atom. The van der Waals surface area contributed by atoms with Crippen molar-refractivity contribution in [1.29, 1.82) is 0 Å². The summed E-state index contributed by atoms with van der Waals surface area (Å²) in [6, 6.07) is 5.56. The van der Waals surface area contributed by atoms with Crippen LogP contribution in [0, 0.1) is 5.92 Å². The van der Waals surface area contributed by atoms with Crippen LogP contribution in [0.4, 0.5) is 27.9 Å². The van der Waals surface area contributed by atoms with E-state index in [9.17, 15) is 14.4 Å². The van der Waals surface area contributed by atoms with Crippen molar-refractivity contribution in [1.82, 2.24) is 30.0 Å². The Kier molecular flexibility index (Phi) is 13.6. The first-order valence-corrected chi connectivity index (χ1v) is 20.9. The van der Waals surface area contributed by atoms with E-state index in [0.29, 0.717) is 35.3 Å². The van der Waals surface area contributed by atoms with Crippen LogP contribution in [0.2, 0.25) is 0 Å². The number of nitrogens with zero attached hydrogens (tertiary/aromatic N) is 7. The van der Waals surface area contributed by atoms with Gasteiger partial charge in [-0.2, -0.15) is 4.98 Å². The van der Waals surface area contributed by atoms with Gasteiger partial charge in [0.05, 0.1) is 19.0 Å². The van der Waals surface area contributed by atoms with Crippen LogP contribution in [0.1, 0.15) is 102 Å². The Morgan fingerprint density at radius 3 is 2.39 bits per heavy atom. The van der Waals surface area contributed by atoms with Gasteiger partial charge in [-0.3, -0.25) is 9.59 Å². The van der Waals surface area contributed by atoms with Crippen LogP contribution in [0.25, 0.3) is 0 Å². The second-order valence-corrected chi connectivity index (χ2v) is 17.2. The molecule has 0 bridgehead atoms. The lowest BCUT2D eigenvalue weighted by Crippen LogP contribution is -2.55. The number of amides is 3. The maximum Gasteiger partial charge on any atom is 0.410 e. The van der Waals surface area contributed by atoms with E-state index in [0.717, 1.165) is 115 Å². The zero-order valence-electron chi connectivity index (χ0n) is 34.8. The number of aromatic nitrogens is 2. The van der Waals surface area contributed by atoms with E-state index < -0.39 is 5.60 Å². The number of nitrogens with one attached hydrogen (secondary N) is 2. The number of fused-ring (bicyclic) bond motifs is 1. The molecular weight excluding hydrogens is 711 g/mol. The largest absolute Gasteiger partial charge is 0.495 e. The quantitative estimate of drug-likeness (QED) is 0.252. The molecule has 1 atom stereocenters. The molecule has 1 aromatic carbocycles. The van der Waals surface area contributed by atoms with Crippen LogP contribution < -0.4 is 25.2 Å². The van der Waals surface area contributed by atoms with Crippen LogP contribution in [0.5, 0.6) is 5.75 Å². The Labute approximate surface area is 333 Å². The molecule has 6 rings (SSSR count). The lowest BCUT2D eigenvalue weighted by atomic mass is 9.96. The standard InChI is InChI=1S/C42H65N9O5/c1-8-34-39(53)48(6)35-27-43-40(46-37(35)51(34)32-12-9-10-13-32)45-33-15-14-30(26-36(33)55-7)38(52)44-31-18-22-49(23-19-31)21-11-20-47(5)28-29-16-24-50(25-17-29)41(54)56-42(2,3)4/h14-15,26-27,29,31-32,34H,8-13,16-25,28H2,1-7H3,(H,44,52)(H,43,45,46). The van der Waals surface area contributed by atoms with E-state index in [-0.39, 0.29) is 36.0 Å². The molecule has 3 amide bonds. The monoisotopic (exact) mass is 776 g/mol. The van der Waals surface area contributed by atoms with Crippen molar-refractivity contribution >= 4 is 41.0 Å². The molecule has 3 aliphatic heterocycles. The van der Waals surface area contributed by atoms with Gasteiger partial charge < -0.3 is 44.6 Å². The molecular formula is C42H65N9O5. The number of piperidine rings is 2. The summed E-state index contributed by atoms with van der Waals surface area (Å²) in [6.07, 6.45) is 11.6. The van der Waals surface area contributed by atoms with Crippen molar-refractivity contribution in [2.45, 2.75) is 116 Å². The third kappa shape index (κ3) is 10.2. The van der Waals surface area contributed by atoms with Crippen molar-refractivity contribution in [3.63, 3.8) is 0 Å². The number of carbonyl (C=O) groups is 3. The molecule has 14 heteroatoms. The number of hydrogen-bond donors (Lipinski definition) is 2. The fourth-order valence-electron chi connectivity index (χ4n) is 8.79. The molecule has 308 valence electrons. The zero-order chi connectivity index (χ0) is 40.0. The number of likely N-dealkylation sites (N-methyl/N-ethyl adjacent to an activating group) is 1. The highest BCUT2D eigenvalue weighted by Gasteiger charge is 2.41. The lowest BCUT2D eigenvalue weighted by Gasteiger charge is -2.43. The van der Waals surface area contributed by atoms with Gasteiger partial charge in [-0.25, -0.2) is 9.78 Å². The maximum absolute atomic E-state index is 13.4. The maximum atomic E-state index is 13.4. The van der Waals surface area contributed by atoms with E-state index >= 15 is 0 Å². The van der Waals surface area contributed by atoms with Gasteiger partial charge in [-0.1, -0.05) is 19.8 Å². The van der Waals surface area contributed by atoms with Crippen molar-refractivity contribution in [2.24, 2.45) is 5.92 Å². The van der Waals surface area contributed by atoms with Gasteiger partial charge in [-0.15, -0.1) is 0 Å². The summed E-state index contributed by atoms with van der Waals surface area (Å²) in [7, 11) is 5.60. The van der Waals surface area contributed by atoms with E-state index in [1.165, 1.54) is 0 Å². The molecule has 0 spiro atoms. The molecule has 2 N–H and O–H groups in total. The van der Waals surface area contributed by atoms with Crippen LogP contribution in [-0.2, 0) is 9.53 Å². The number of benzene rings is 1. The summed E-state index contributed by atoms with van der Waals surface area (Å²) >= 11 is 0. The van der Waals surface area contributed by atoms with E-state index in [4.69, 9.17) is 14.5 Å². The predicted molar refractivity (Wildman–Crippen MR) is 220 cm³/mol. The fraction of sp³-hybridized carbons (Fsp3) is 0.690. The fourth-order valence-corrected chi connectivity index (χ4v) is 8.79. The molecule has 4 aliphatic rings. The first-order chi connectivity index (χ1) is 26.8. The summed E-state index contributed by atoms with van der Waals surface area (Å²) < 4.78 is 11.3. The van der Waals surface area contributed by atoms with Gasteiger partial charge >= 0.3 is 6.09 Å². The number of rotatable bonds is 13. The van der Waals surface area contributed by atoms with Gasteiger partial charge in [0.15, 0.2) is 5.82 Å². The second-order valence-electron chi connectivity index (χ2n) is 17.2. The molecule has 4 heterocycles. The number of likely N-dealkylation sites (tertiary alicyclic amines) is 2. The minimum absolute atomic E-state index is 0.0826. The molecule has 14 nitrogen and oxygen atoms in total. The van der Waals surface area contributed by atoms with Gasteiger partial charge in [0.1, 0.15) is 23.1 Å². The summed E-state index contributed by atoms with van der Waals surface area (Å²) in [5.74, 6) is 2.29. The first kappa shape index (κ1) is 41.5. The second kappa shape index (κ2) is 18.4. The van der Waals surface area contributed by atoms with Crippen molar-refractivity contribution in [3.05, 3.63) is 30.0 Å². The molecule has 3 fully saturated rings. The van der Waals surface area contributed by atoms with E-state index in [1.807, 2.05) is 31.7 Å². The summed E-state index contributed by atoms with van der Waals surface area (Å²) in [6.45, 7) is 14.4. The number of carbonyl (C=O) groups excluding carboxylic acids is 3. The lowest BCUT2D eigenvalue weighted by molar-refractivity contribution is -0.120. The number of anilines is 4. The van der Waals surface area contributed by atoms with Crippen LogP contribution in [0.3, 0.4) is 0 Å². The summed E-state index contributed by atoms with van der Waals surface area (Å²) in [4.78, 5) is 59.3. The molecule has 56 heavy (non-hydrogen) atoms. The summed E-state index contributed by atoms with van der Waals surface area (Å²) in [5, 5.41) is 6.57. The zero-order valence-corrected chi connectivity index (χ0v) is 34.8. The van der Waals surface area contributed by atoms with Crippen LogP contribution >= 0.6 is 0 Å². The molecule has 2 aromatic rings. The smallest absolute Gasteiger partial charge is 0.410 e. The minimum Gasteiger partial charge on any atom is -0.495 e. The minimum atomic E-state index is -0.459. The highest BCUT2D eigenvalue weighted by molar-refractivity contribution is 6.04. The number of methoxy groups -OCH3 is 1. The Hall–Kier alpha value is -4.17. The highest BCUT2D eigenvalue weighted by Crippen LogP contribution is 2.40. The number of hydrogen-bond acceptors (Lipinski definition) is 11. The Morgan fingerprint density at radius 1 is 1.02 bits per heavy atom. The van der Waals surface area contributed by atoms with Gasteiger partial charge in [-0.05, 0) is 116 Å². The molecule has 1 saturated carbocycles. The molecule has 2 saturated heterocycles. The average molecular weight is 776 g/mol. The van der Waals surface area contributed by atoms with Crippen molar-refractivity contribution < 1.29 is 23.9 Å². The molecule has 1 unspecified atom stereocenters. The normalized spacial score (nSPS) is 20.4. The topological polar surface area (TPSA) is 136 Å². The summed E-state index contributed by atoms with van der Waals surface area (Å²) in [5.41, 5.74) is 1.46. The van der Waals surface area contributed by atoms with Crippen molar-refractivity contribution in [2.75, 3.05) is 82.1 Å². The van der Waals surface area contributed by atoms with Gasteiger partial charge in [0.25, 0.3) is 5.91 Å².